The van der Waals surface area contributed by atoms with E-state index in [-0.39, 0.29) is 37.5 Å². The minimum absolute atomic E-state index is 0.107. The zero-order chi connectivity index (χ0) is 22.4. The fraction of sp³-hybridized carbons (Fsp3) is 0.667. The van der Waals surface area contributed by atoms with Crippen molar-refractivity contribution in [3.63, 3.8) is 0 Å². The molecule has 2 heterocycles. The van der Waals surface area contributed by atoms with Crippen LogP contribution in [0.2, 0.25) is 0 Å². The third kappa shape index (κ3) is 6.45. The molecule has 0 aromatic rings. The molecule has 30 heavy (non-hydrogen) atoms. The van der Waals surface area contributed by atoms with Crippen LogP contribution in [0.5, 0.6) is 0 Å². The topological polar surface area (TPSA) is 113 Å². The van der Waals surface area contributed by atoms with Crippen LogP contribution in [0.3, 0.4) is 0 Å². The number of nitrogens with zero attached hydrogens (tertiary/aromatic N) is 6. The SMILES string of the molecule is CC(C#N)(CCC(=O)N1CCSC1=S)N=NC(C)(C#N)CCC(=O)N1CCSC1=S. The first kappa shape index (κ1) is 24.7. The zero-order valence-corrected chi connectivity index (χ0v) is 20.1. The highest BCUT2D eigenvalue weighted by molar-refractivity contribution is 8.23. The minimum Gasteiger partial charge on any atom is -0.297 e. The first-order valence-electron chi connectivity index (χ1n) is 9.34. The Balaban J connectivity index is 1.95. The van der Waals surface area contributed by atoms with E-state index in [4.69, 9.17) is 24.4 Å². The third-order valence-corrected chi connectivity index (χ3v) is 7.60. The zero-order valence-electron chi connectivity index (χ0n) is 16.8. The van der Waals surface area contributed by atoms with Gasteiger partial charge in [-0.2, -0.15) is 20.8 Å². The van der Waals surface area contributed by atoms with Gasteiger partial charge in [0.2, 0.25) is 11.8 Å². The Morgan fingerprint density at radius 3 is 1.57 bits per heavy atom. The van der Waals surface area contributed by atoms with E-state index in [0.717, 1.165) is 11.5 Å². The minimum atomic E-state index is -1.25. The van der Waals surface area contributed by atoms with Crippen LogP contribution in [-0.2, 0) is 9.59 Å². The molecule has 2 saturated heterocycles. The van der Waals surface area contributed by atoms with Crippen LogP contribution >= 0.6 is 48.0 Å². The maximum atomic E-state index is 12.3. The summed E-state index contributed by atoms with van der Waals surface area (Å²) in [4.78, 5) is 27.8. The molecule has 0 aromatic heterocycles. The molecule has 0 bridgehead atoms. The van der Waals surface area contributed by atoms with Crippen LogP contribution in [0, 0.1) is 22.7 Å². The first-order chi connectivity index (χ1) is 14.1. The fourth-order valence-corrected chi connectivity index (χ4v) is 5.17. The number of amides is 2. The largest absolute Gasteiger partial charge is 0.297 e. The van der Waals surface area contributed by atoms with Crippen molar-refractivity contribution in [2.75, 3.05) is 24.6 Å². The van der Waals surface area contributed by atoms with E-state index in [1.54, 1.807) is 23.6 Å². The van der Waals surface area contributed by atoms with Crippen LogP contribution in [-0.4, -0.2) is 65.9 Å². The van der Waals surface area contributed by atoms with Crippen molar-refractivity contribution >= 4 is 68.4 Å². The predicted octanol–water partition coefficient (Wildman–Crippen LogP) is 3.28. The van der Waals surface area contributed by atoms with Crippen molar-refractivity contribution in [2.24, 2.45) is 10.2 Å². The summed E-state index contributed by atoms with van der Waals surface area (Å²) in [5.41, 5.74) is -2.50. The molecule has 2 fully saturated rings. The maximum Gasteiger partial charge on any atom is 0.228 e. The molecule has 12 heteroatoms. The van der Waals surface area contributed by atoms with E-state index in [2.05, 4.69) is 22.4 Å². The predicted molar refractivity (Wildman–Crippen MR) is 125 cm³/mol. The first-order valence-corrected chi connectivity index (χ1v) is 12.1. The van der Waals surface area contributed by atoms with E-state index in [0.29, 0.717) is 21.7 Å². The lowest BCUT2D eigenvalue weighted by atomic mass is 9.97. The van der Waals surface area contributed by atoms with Gasteiger partial charge in [-0.1, -0.05) is 48.0 Å². The van der Waals surface area contributed by atoms with Crippen LogP contribution < -0.4 is 0 Å². The number of carbonyl (C=O) groups excluding carboxylic acids is 2. The average molecular weight is 483 g/mol. The Labute approximate surface area is 195 Å². The number of nitriles is 2. The van der Waals surface area contributed by atoms with Gasteiger partial charge in [-0.15, -0.1) is 0 Å². The maximum absolute atomic E-state index is 12.3. The molecule has 0 N–H and O–H groups in total. The van der Waals surface area contributed by atoms with E-state index < -0.39 is 11.1 Å². The van der Waals surface area contributed by atoms with Gasteiger partial charge in [0.1, 0.15) is 8.64 Å². The highest BCUT2D eigenvalue weighted by atomic mass is 32.2. The second-order valence-electron chi connectivity index (χ2n) is 7.29. The molecule has 2 unspecified atom stereocenters. The van der Waals surface area contributed by atoms with Crippen molar-refractivity contribution in [3.8, 4) is 12.1 Å². The summed E-state index contributed by atoms with van der Waals surface area (Å²) in [6.07, 6.45) is 0.538. The van der Waals surface area contributed by atoms with Gasteiger partial charge < -0.3 is 0 Å². The molecule has 160 valence electrons. The smallest absolute Gasteiger partial charge is 0.228 e. The van der Waals surface area contributed by atoms with Crippen molar-refractivity contribution < 1.29 is 9.59 Å². The summed E-state index contributed by atoms with van der Waals surface area (Å²) in [6, 6.07) is 4.15. The third-order valence-electron chi connectivity index (χ3n) is 4.75. The van der Waals surface area contributed by atoms with Crippen LogP contribution in [0.1, 0.15) is 39.5 Å². The van der Waals surface area contributed by atoms with E-state index in [9.17, 15) is 20.1 Å². The molecule has 0 aliphatic carbocycles. The lowest BCUT2D eigenvalue weighted by molar-refractivity contribution is -0.128. The van der Waals surface area contributed by atoms with E-state index in [1.165, 1.54) is 23.5 Å². The van der Waals surface area contributed by atoms with Crippen molar-refractivity contribution in [1.29, 1.82) is 10.5 Å². The number of thioether (sulfide) groups is 2. The molecule has 0 saturated carbocycles. The molecule has 2 aliphatic rings. The molecule has 0 aromatic carbocycles. The van der Waals surface area contributed by atoms with Gasteiger partial charge >= 0.3 is 0 Å². The Bertz CT molecular complexity index is 783. The van der Waals surface area contributed by atoms with Crippen LogP contribution in [0.15, 0.2) is 10.2 Å². The van der Waals surface area contributed by atoms with Gasteiger partial charge in [0.05, 0.1) is 12.1 Å². The van der Waals surface area contributed by atoms with Crippen molar-refractivity contribution in [1.82, 2.24) is 9.80 Å². The lowest BCUT2D eigenvalue weighted by Crippen LogP contribution is -2.33. The number of azo groups is 1. The van der Waals surface area contributed by atoms with Crippen LogP contribution in [0.4, 0.5) is 0 Å². The number of thiocarbonyl (C=S) groups is 2. The molecule has 0 radical (unpaired) electrons. The standard InChI is InChI=1S/C18H22N6O2S4/c1-17(11-19,5-3-13(25)23-7-9-29-15(23)27)21-22-18(2,12-20)6-4-14(26)24-8-10-30-16(24)28/h3-10H2,1-2H3. The van der Waals surface area contributed by atoms with Gasteiger partial charge in [0.15, 0.2) is 11.1 Å². The summed E-state index contributed by atoms with van der Waals surface area (Å²) in [6.45, 7) is 4.30. The van der Waals surface area contributed by atoms with Gasteiger partial charge in [0.25, 0.3) is 0 Å². The van der Waals surface area contributed by atoms with Gasteiger partial charge in [-0.25, -0.2) is 0 Å². The molecule has 0 spiro atoms. The summed E-state index contributed by atoms with van der Waals surface area (Å²) in [7, 11) is 0. The Morgan fingerprint density at radius 1 is 0.933 bits per heavy atom. The van der Waals surface area contributed by atoms with Crippen molar-refractivity contribution in [3.05, 3.63) is 0 Å². The second-order valence-corrected chi connectivity index (χ2v) is 10.7. The summed E-state index contributed by atoms with van der Waals surface area (Å²) in [5, 5.41) is 27.3. The Morgan fingerprint density at radius 2 is 1.30 bits per heavy atom. The van der Waals surface area contributed by atoms with E-state index >= 15 is 0 Å². The molecule has 2 amide bonds. The number of hydrogen-bond donors (Lipinski definition) is 0. The van der Waals surface area contributed by atoms with Gasteiger partial charge in [-0.05, 0) is 26.7 Å². The van der Waals surface area contributed by atoms with E-state index in [1.807, 2.05) is 0 Å². The fourth-order valence-electron chi connectivity index (χ4n) is 2.69. The number of rotatable bonds is 8. The normalized spacial score (nSPS) is 20.7. The van der Waals surface area contributed by atoms with Gasteiger partial charge in [0, 0.05) is 37.4 Å². The summed E-state index contributed by atoms with van der Waals surface area (Å²) >= 11 is 13.2. The highest BCUT2D eigenvalue weighted by Crippen LogP contribution is 2.26. The Hall–Kier alpha value is -1.60. The van der Waals surface area contributed by atoms with Crippen molar-refractivity contribution in [2.45, 2.75) is 50.6 Å². The molecular weight excluding hydrogens is 461 g/mol. The lowest BCUT2D eigenvalue weighted by Gasteiger charge is -2.21. The second kappa shape index (κ2) is 10.6. The average Bonchev–Trinajstić information content (AvgIpc) is 3.36. The summed E-state index contributed by atoms with van der Waals surface area (Å²) < 4.78 is 1.11. The number of hydrogen-bond acceptors (Lipinski definition) is 10. The quantitative estimate of drug-likeness (QED) is 0.383. The number of carbonyl (C=O) groups is 2. The molecular formula is C18H22N6O2S4. The Kier molecular flexibility index (Phi) is 8.73. The molecule has 2 atom stereocenters. The monoisotopic (exact) mass is 482 g/mol. The van der Waals surface area contributed by atoms with Gasteiger partial charge in [-0.3, -0.25) is 19.4 Å². The summed E-state index contributed by atoms with van der Waals surface area (Å²) in [5.74, 6) is 1.27. The molecule has 8 nitrogen and oxygen atoms in total. The molecule has 2 aliphatic heterocycles. The van der Waals surface area contributed by atoms with Crippen LogP contribution in [0.25, 0.3) is 0 Å². The molecule has 2 rings (SSSR count). The highest BCUT2D eigenvalue weighted by Gasteiger charge is 2.32.